The molecule has 0 unspecified atom stereocenters. The van der Waals surface area contributed by atoms with Crippen molar-refractivity contribution in [1.82, 2.24) is 10.2 Å². The molecule has 0 spiro atoms. The van der Waals surface area contributed by atoms with Crippen LogP contribution in [0, 0.1) is 0 Å². The molecule has 3 rings (SSSR count). The summed E-state index contributed by atoms with van der Waals surface area (Å²) in [6, 6.07) is 6.23. The van der Waals surface area contributed by atoms with Gasteiger partial charge in [0.1, 0.15) is 0 Å². The first kappa shape index (κ1) is 12.8. The molecule has 1 aromatic carbocycles. The summed E-state index contributed by atoms with van der Waals surface area (Å²) >= 11 is 0. The van der Waals surface area contributed by atoms with Crippen molar-refractivity contribution in [1.29, 1.82) is 0 Å². The number of Topliss-reactive ketones (excluding diaryl/α,β-unsaturated/α-hetero) is 1. The van der Waals surface area contributed by atoms with Crippen LogP contribution in [0.2, 0.25) is 0 Å². The average Bonchev–Trinajstić information content (AvgIpc) is 2.48. The molecule has 0 saturated carbocycles. The Kier molecular flexibility index (Phi) is 3.95. The highest BCUT2D eigenvalue weighted by Gasteiger charge is 2.17. The summed E-state index contributed by atoms with van der Waals surface area (Å²) in [6.45, 7) is 4.73. The summed E-state index contributed by atoms with van der Waals surface area (Å²) < 4.78 is 0. The number of ketones is 1. The number of hydrogen-bond donors (Lipinski definition) is 1. The lowest BCUT2D eigenvalue weighted by atomic mass is 9.96. The summed E-state index contributed by atoms with van der Waals surface area (Å²) in [7, 11) is 0. The van der Waals surface area contributed by atoms with Gasteiger partial charge in [0.05, 0.1) is 6.54 Å². The van der Waals surface area contributed by atoms with E-state index in [4.69, 9.17) is 0 Å². The summed E-state index contributed by atoms with van der Waals surface area (Å²) in [5.74, 6) is 0.281. The first-order valence-corrected chi connectivity index (χ1v) is 7.41. The molecule has 0 radical (unpaired) electrons. The van der Waals surface area contributed by atoms with Crippen LogP contribution in [0.1, 0.15) is 40.7 Å². The van der Waals surface area contributed by atoms with Crippen molar-refractivity contribution in [2.75, 3.05) is 26.2 Å². The largest absolute Gasteiger partial charge is 0.312 e. The van der Waals surface area contributed by atoms with Crippen LogP contribution in [0.5, 0.6) is 0 Å². The fraction of sp³-hybridized carbons (Fsp3) is 0.562. The molecule has 0 bridgehead atoms. The molecule has 102 valence electrons. The quantitative estimate of drug-likeness (QED) is 0.842. The fourth-order valence-corrected chi connectivity index (χ4v) is 3.06. The summed E-state index contributed by atoms with van der Waals surface area (Å²) in [5, 5.41) is 3.36. The highest BCUT2D eigenvalue weighted by atomic mass is 16.1. The molecule has 0 aromatic heterocycles. The van der Waals surface area contributed by atoms with E-state index < -0.39 is 0 Å². The van der Waals surface area contributed by atoms with Gasteiger partial charge < -0.3 is 5.32 Å². The van der Waals surface area contributed by atoms with E-state index in [0.29, 0.717) is 6.54 Å². The highest BCUT2D eigenvalue weighted by Crippen LogP contribution is 2.17. The second-order valence-corrected chi connectivity index (χ2v) is 5.67. The Labute approximate surface area is 115 Å². The van der Waals surface area contributed by atoms with Crippen LogP contribution in [-0.4, -0.2) is 36.9 Å². The second kappa shape index (κ2) is 5.85. The van der Waals surface area contributed by atoms with Gasteiger partial charge in [0, 0.05) is 12.1 Å². The van der Waals surface area contributed by atoms with E-state index in [9.17, 15) is 4.79 Å². The van der Waals surface area contributed by atoms with E-state index >= 15 is 0 Å². The molecular weight excluding hydrogens is 236 g/mol. The van der Waals surface area contributed by atoms with Crippen molar-refractivity contribution >= 4 is 5.78 Å². The zero-order valence-electron chi connectivity index (χ0n) is 11.5. The number of benzene rings is 1. The topological polar surface area (TPSA) is 32.3 Å². The van der Waals surface area contributed by atoms with Crippen LogP contribution < -0.4 is 5.32 Å². The van der Waals surface area contributed by atoms with Crippen LogP contribution in [-0.2, 0) is 13.0 Å². The average molecular weight is 258 g/mol. The number of nitrogens with one attached hydrogen (secondary N) is 1. The second-order valence-electron chi connectivity index (χ2n) is 5.67. The zero-order chi connectivity index (χ0) is 13.1. The number of rotatable bonds is 3. The molecule has 3 nitrogen and oxygen atoms in total. The van der Waals surface area contributed by atoms with Gasteiger partial charge in [0.15, 0.2) is 5.78 Å². The van der Waals surface area contributed by atoms with Crippen molar-refractivity contribution < 1.29 is 4.79 Å². The molecule has 1 fully saturated rings. The van der Waals surface area contributed by atoms with Gasteiger partial charge in [-0.15, -0.1) is 0 Å². The van der Waals surface area contributed by atoms with Crippen molar-refractivity contribution in [3.05, 3.63) is 34.9 Å². The van der Waals surface area contributed by atoms with Gasteiger partial charge >= 0.3 is 0 Å². The number of nitrogens with zero attached hydrogens (tertiary/aromatic N) is 1. The summed E-state index contributed by atoms with van der Waals surface area (Å²) in [5.41, 5.74) is 3.59. The molecule has 19 heavy (non-hydrogen) atoms. The number of carbonyl (C=O) groups is 1. The lowest BCUT2D eigenvalue weighted by Crippen LogP contribution is -2.34. The van der Waals surface area contributed by atoms with E-state index in [-0.39, 0.29) is 5.78 Å². The number of fused-ring (bicyclic) bond motifs is 1. The monoisotopic (exact) mass is 258 g/mol. The van der Waals surface area contributed by atoms with Crippen molar-refractivity contribution in [2.24, 2.45) is 0 Å². The Balaban J connectivity index is 1.69. The molecule has 1 N–H and O–H groups in total. The highest BCUT2D eigenvalue weighted by molar-refractivity contribution is 5.97. The van der Waals surface area contributed by atoms with Crippen molar-refractivity contribution in [3.8, 4) is 0 Å². The molecule has 1 saturated heterocycles. The first-order valence-electron chi connectivity index (χ1n) is 7.41. The van der Waals surface area contributed by atoms with E-state index in [2.05, 4.69) is 22.3 Å². The maximum absolute atomic E-state index is 12.3. The van der Waals surface area contributed by atoms with E-state index in [0.717, 1.165) is 38.2 Å². The summed E-state index contributed by atoms with van der Waals surface area (Å²) in [4.78, 5) is 14.6. The van der Waals surface area contributed by atoms with Gasteiger partial charge in [-0.05, 0) is 56.1 Å². The van der Waals surface area contributed by atoms with Crippen molar-refractivity contribution in [3.63, 3.8) is 0 Å². The number of likely N-dealkylation sites (tertiary alicyclic amines) is 1. The van der Waals surface area contributed by atoms with Gasteiger partial charge in [-0.25, -0.2) is 0 Å². The SMILES string of the molecule is O=C(CN1CCCCC1)c1ccc2c(c1)CCNC2. The van der Waals surface area contributed by atoms with Crippen LogP contribution >= 0.6 is 0 Å². The van der Waals surface area contributed by atoms with Gasteiger partial charge in [-0.3, -0.25) is 9.69 Å². The molecule has 2 aliphatic heterocycles. The van der Waals surface area contributed by atoms with E-state index in [1.165, 1.54) is 30.4 Å². The maximum Gasteiger partial charge on any atom is 0.176 e. The van der Waals surface area contributed by atoms with Gasteiger partial charge in [-0.2, -0.15) is 0 Å². The fourth-order valence-electron chi connectivity index (χ4n) is 3.06. The van der Waals surface area contributed by atoms with Gasteiger partial charge in [0.2, 0.25) is 0 Å². The number of piperidine rings is 1. The summed E-state index contributed by atoms with van der Waals surface area (Å²) in [6.07, 6.45) is 4.84. The normalized spacial score (nSPS) is 20.0. The molecule has 0 atom stereocenters. The van der Waals surface area contributed by atoms with Crippen LogP contribution in [0.15, 0.2) is 18.2 Å². The lowest BCUT2D eigenvalue weighted by molar-refractivity contribution is 0.0915. The molecule has 2 aliphatic rings. The van der Waals surface area contributed by atoms with Gasteiger partial charge in [-0.1, -0.05) is 18.6 Å². The predicted octanol–water partition coefficient (Wildman–Crippen LogP) is 2.00. The zero-order valence-corrected chi connectivity index (χ0v) is 11.5. The third-order valence-electron chi connectivity index (χ3n) is 4.23. The Morgan fingerprint density at radius 2 is 2.00 bits per heavy atom. The van der Waals surface area contributed by atoms with Crippen LogP contribution in [0.3, 0.4) is 0 Å². The maximum atomic E-state index is 12.3. The third kappa shape index (κ3) is 3.04. The minimum absolute atomic E-state index is 0.281. The standard InChI is InChI=1S/C16H22N2O/c19-16(12-18-8-2-1-3-9-18)14-4-5-15-11-17-7-6-13(15)10-14/h4-5,10,17H,1-3,6-9,11-12H2. The first-order chi connectivity index (χ1) is 9.33. The third-order valence-corrected chi connectivity index (χ3v) is 4.23. The Morgan fingerprint density at radius 1 is 1.16 bits per heavy atom. The van der Waals surface area contributed by atoms with E-state index in [1.807, 2.05) is 6.07 Å². The lowest BCUT2D eigenvalue weighted by Gasteiger charge is -2.25. The number of hydrogen-bond acceptors (Lipinski definition) is 3. The number of carbonyl (C=O) groups excluding carboxylic acids is 1. The molecule has 1 aromatic rings. The molecule has 0 amide bonds. The van der Waals surface area contributed by atoms with Gasteiger partial charge in [0.25, 0.3) is 0 Å². The van der Waals surface area contributed by atoms with Crippen LogP contribution in [0.4, 0.5) is 0 Å². The Hall–Kier alpha value is -1.19. The Bertz CT molecular complexity index is 464. The Morgan fingerprint density at radius 3 is 2.84 bits per heavy atom. The molecule has 3 heteroatoms. The molecule has 0 aliphatic carbocycles. The molecule has 2 heterocycles. The van der Waals surface area contributed by atoms with E-state index in [1.54, 1.807) is 0 Å². The smallest absolute Gasteiger partial charge is 0.176 e. The predicted molar refractivity (Wildman–Crippen MR) is 76.5 cm³/mol. The minimum Gasteiger partial charge on any atom is -0.312 e. The van der Waals surface area contributed by atoms with Crippen LogP contribution in [0.25, 0.3) is 0 Å². The molecular formula is C16H22N2O. The minimum atomic E-state index is 0.281. The van der Waals surface area contributed by atoms with Crippen molar-refractivity contribution in [2.45, 2.75) is 32.2 Å².